The second-order valence-electron chi connectivity index (χ2n) is 8.76. The van der Waals surface area contributed by atoms with Gasteiger partial charge in [-0.25, -0.2) is 0 Å². The molecule has 1 aromatic heterocycles. The monoisotopic (exact) mass is 476 g/mol. The number of aromatic nitrogens is 1. The number of nitrogens with one attached hydrogen (secondary N) is 2. The summed E-state index contributed by atoms with van der Waals surface area (Å²) in [4.78, 5) is 21.4. The highest BCUT2D eigenvalue weighted by Gasteiger charge is 2.11. The zero-order valence-electron chi connectivity index (χ0n) is 21.2. The predicted octanol–water partition coefficient (Wildman–Crippen LogP) is 6.59. The summed E-state index contributed by atoms with van der Waals surface area (Å²) < 4.78 is 0. The van der Waals surface area contributed by atoms with Crippen LogP contribution in [-0.2, 0) is 0 Å². The van der Waals surface area contributed by atoms with E-state index in [1.807, 2.05) is 62.5 Å². The molecule has 0 aliphatic carbocycles. The van der Waals surface area contributed by atoms with E-state index in [-0.39, 0.29) is 18.0 Å². The fourth-order valence-electron chi connectivity index (χ4n) is 3.82. The van der Waals surface area contributed by atoms with Crippen molar-refractivity contribution < 1.29 is 4.79 Å². The van der Waals surface area contributed by atoms with Crippen LogP contribution in [0.2, 0.25) is 0 Å². The highest BCUT2D eigenvalue weighted by atomic mass is 16.1. The molecule has 0 radical (unpaired) electrons. The number of allylic oxidation sites excluding steroid dienone is 3. The highest BCUT2D eigenvalue weighted by Crippen LogP contribution is 2.24. The van der Waals surface area contributed by atoms with Gasteiger partial charge in [0.1, 0.15) is 0 Å². The summed E-state index contributed by atoms with van der Waals surface area (Å²) in [5.41, 5.74) is 7.17. The van der Waals surface area contributed by atoms with E-state index in [0.717, 1.165) is 39.2 Å². The number of hydrogen-bond donors (Lipinski definition) is 2. The molecule has 1 heterocycles. The Morgan fingerprint density at radius 3 is 2.61 bits per heavy atom. The molecule has 1 unspecified atom stereocenters. The van der Waals surface area contributed by atoms with Crippen molar-refractivity contribution in [3.8, 4) is 12.3 Å². The summed E-state index contributed by atoms with van der Waals surface area (Å²) >= 11 is 0. The SMILES string of the molecule is C#C/C=C(\C=C)c1ccc(N=CC(C)N[C@@H](C)c2cccc(NC(=O)c3cncc(C)c3)c2)c(C)c1. The van der Waals surface area contributed by atoms with Gasteiger partial charge in [-0.05, 0) is 91.9 Å². The predicted molar refractivity (Wildman–Crippen MR) is 151 cm³/mol. The van der Waals surface area contributed by atoms with Crippen LogP contribution in [0.1, 0.15) is 52.5 Å². The largest absolute Gasteiger partial charge is 0.322 e. The van der Waals surface area contributed by atoms with Gasteiger partial charge in [-0.2, -0.15) is 0 Å². The topological polar surface area (TPSA) is 66.4 Å². The standard InChI is InChI=1S/C31H32N4O/c1-7-10-25(8-2)27-13-14-30(22(4)16-27)33-19-23(5)34-24(6)26-11-9-12-29(17-26)35-31(36)28-15-21(3)18-32-20-28/h1,8-20,23-24,34H,2H2,3-6H3,(H,35,36)/b25-10+,33-19?/t23?,24-/m0/s1. The first-order valence-electron chi connectivity index (χ1n) is 11.8. The highest BCUT2D eigenvalue weighted by molar-refractivity contribution is 6.04. The number of terminal acetylenes is 1. The van der Waals surface area contributed by atoms with Gasteiger partial charge in [0, 0.05) is 36.4 Å². The summed E-state index contributed by atoms with van der Waals surface area (Å²) in [7, 11) is 0. The minimum atomic E-state index is -0.180. The Labute approximate surface area is 214 Å². The molecule has 2 N–H and O–H groups in total. The molecular weight excluding hydrogens is 444 g/mol. The quantitative estimate of drug-likeness (QED) is 0.208. The number of aliphatic imine (C=N–C) groups is 1. The Morgan fingerprint density at radius 1 is 1.11 bits per heavy atom. The van der Waals surface area contributed by atoms with Gasteiger partial charge in [0.2, 0.25) is 0 Å². The van der Waals surface area contributed by atoms with Crippen LogP contribution in [0.15, 0.2) is 84.6 Å². The van der Waals surface area contributed by atoms with Gasteiger partial charge < -0.3 is 10.6 Å². The van der Waals surface area contributed by atoms with E-state index in [4.69, 9.17) is 6.42 Å². The van der Waals surface area contributed by atoms with Gasteiger partial charge >= 0.3 is 0 Å². The third kappa shape index (κ3) is 7.11. The Balaban J connectivity index is 1.64. The summed E-state index contributed by atoms with van der Waals surface area (Å²) in [5.74, 6) is 2.37. The molecule has 2 atom stereocenters. The molecule has 2 aromatic carbocycles. The molecule has 0 saturated carbocycles. The fraction of sp³-hybridized carbons (Fsp3) is 0.194. The number of carbonyl (C=O) groups excluding carboxylic acids is 1. The average molecular weight is 477 g/mol. The number of carbonyl (C=O) groups is 1. The average Bonchev–Trinajstić information content (AvgIpc) is 2.86. The van der Waals surface area contributed by atoms with Crippen LogP contribution in [0.25, 0.3) is 5.57 Å². The number of amides is 1. The van der Waals surface area contributed by atoms with Crippen molar-refractivity contribution in [1.82, 2.24) is 10.3 Å². The second-order valence-corrected chi connectivity index (χ2v) is 8.76. The van der Waals surface area contributed by atoms with Gasteiger partial charge in [-0.1, -0.05) is 36.8 Å². The van der Waals surface area contributed by atoms with E-state index in [0.29, 0.717) is 5.56 Å². The van der Waals surface area contributed by atoms with Crippen molar-refractivity contribution >= 4 is 29.1 Å². The molecule has 5 nitrogen and oxygen atoms in total. The van der Waals surface area contributed by atoms with Gasteiger partial charge in [0.15, 0.2) is 0 Å². The van der Waals surface area contributed by atoms with Crippen LogP contribution < -0.4 is 10.6 Å². The number of nitrogens with zero attached hydrogens (tertiary/aromatic N) is 2. The third-order valence-electron chi connectivity index (χ3n) is 5.72. The lowest BCUT2D eigenvalue weighted by Crippen LogP contribution is -2.30. The smallest absolute Gasteiger partial charge is 0.257 e. The number of rotatable bonds is 9. The third-order valence-corrected chi connectivity index (χ3v) is 5.72. The van der Waals surface area contributed by atoms with Gasteiger partial charge in [0.25, 0.3) is 5.91 Å². The maximum atomic E-state index is 12.6. The van der Waals surface area contributed by atoms with Crippen LogP contribution in [0, 0.1) is 26.2 Å². The number of benzene rings is 2. The fourth-order valence-corrected chi connectivity index (χ4v) is 3.82. The summed E-state index contributed by atoms with van der Waals surface area (Å²) in [5, 5.41) is 6.50. The van der Waals surface area contributed by atoms with Gasteiger partial charge in [0.05, 0.1) is 11.3 Å². The molecule has 3 aromatic rings. The van der Waals surface area contributed by atoms with Crippen molar-refractivity contribution in [3.63, 3.8) is 0 Å². The maximum absolute atomic E-state index is 12.6. The molecule has 3 rings (SSSR count). The molecule has 0 bridgehead atoms. The summed E-state index contributed by atoms with van der Waals surface area (Å²) in [6.45, 7) is 11.9. The minimum Gasteiger partial charge on any atom is -0.322 e. The van der Waals surface area contributed by atoms with Crippen LogP contribution in [0.3, 0.4) is 0 Å². The molecular formula is C31H32N4O. The van der Waals surface area contributed by atoms with Crippen molar-refractivity contribution in [2.75, 3.05) is 5.32 Å². The number of anilines is 1. The minimum absolute atomic E-state index is 0.0285. The Kier molecular flexibility index (Phi) is 9.10. The zero-order valence-corrected chi connectivity index (χ0v) is 21.2. The maximum Gasteiger partial charge on any atom is 0.257 e. The molecule has 0 spiro atoms. The number of pyridine rings is 1. The summed E-state index contributed by atoms with van der Waals surface area (Å²) in [6, 6.07) is 15.8. The lowest BCUT2D eigenvalue weighted by molar-refractivity contribution is 0.102. The Morgan fingerprint density at radius 2 is 1.92 bits per heavy atom. The van der Waals surface area contributed by atoms with Gasteiger partial charge in [-0.15, -0.1) is 6.42 Å². The first-order chi connectivity index (χ1) is 17.3. The molecule has 0 saturated heterocycles. The number of hydrogen-bond acceptors (Lipinski definition) is 4. The van der Waals surface area contributed by atoms with Crippen molar-refractivity contribution in [2.45, 2.75) is 39.8 Å². The molecule has 5 heteroatoms. The number of aryl methyl sites for hydroxylation is 2. The van der Waals surface area contributed by atoms with Crippen molar-refractivity contribution in [3.05, 3.63) is 107 Å². The van der Waals surface area contributed by atoms with Crippen LogP contribution in [0.4, 0.5) is 11.4 Å². The van der Waals surface area contributed by atoms with E-state index in [9.17, 15) is 4.79 Å². The Bertz CT molecular complexity index is 1350. The van der Waals surface area contributed by atoms with Crippen LogP contribution >= 0.6 is 0 Å². The van der Waals surface area contributed by atoms with E-state index in [1.165, 1.54) is 0 Å². The lowest BCUT2D eigenvalue weighted by atomic mass is 10.0. The van der Waals surface area contributed by atoms with E-state index in [2.05, 4.69) is 53.0 Å². The first-order valence-corrected chi connectivity index (χ1v) is 11.8. The Hall–Kier alpha value is -4.27. The van der Waals surface area contributed by atoms with E-state index >= 15 is 0 Å². The molecule has 0 aliphatic rings. The summed E-state index contributed by atoms with van der Waals surface area (Å²) in [6.07, 6.45) is 14.1. The van der Waals surface area contributed by atoms with Crippen LogP contribution in [0.5, 0.6) is 0 Å². The molecule has 1 amide bonds. The second kappa shape index (κ2) is 12.4. The van der Waals surface area contributed by atoms with Crippen molar-refractivity contribution in [1.29, 1.82) is 0 Å². The molecule has 0 fully saturated rings. The molecule has 0 aliphatic heterocycles. The van der Waals surface area contributed by atoms with Crippen LogP contribution in [-0.4, -0.2) is 23.1 Å². The normalized spacial score (nSPS) is 13.1. The van der Waals surface area contributed by atoms with Crippen molar-refractivity contribution in [2.24, 2.45) is 4.99 Å². The molecule has 36 heavy (non-hydrogen) atoms. The first kappa shape index (κ1) is 26.3. The van der Waals surface area contributed by atoms with Gasteiger partial charge in [-0.3, -0.25) is 14.8 Å². The lowest BCUT2D eigenvalue weighted by Gasteiger charge is -2.18. The zero-order chi connectivity index (χ0) is 26.1. The van der Waals surface area contributed by atoms with E-state index < -0.39 is 0 Å². The van der Waals surface area contributed by atoms with E-state index in [1.54, 1.807) is 24.5 Å². The molecule has 182 valence electrons.